The zero-order chi connectivity index (χ0) is 18.3. The molecule has 24 heavy (non-hydrogen) atoms. The van der Waals surface area contributed by atoms with Crippen molar-refractivity contribution in [2.45, 2.75) is 66.9 Å². The maximum absolute atomic E-state index is 12.6. The van der Waals surface area contributed by atoms with Gasteiger partial charge in [0.2, 0.25) is 0 Å². The molecule has 1 unspecified atom stereocenters. The SMILES string of the molecule is CCCOC(C)(CC)C(=O)Nc1cc(C)c(OCC(C)C)c(C)c1. The van der Waals surface area contributed by atoms with E-state index in [1.807, 2.05) is 46.8 Å². The molecule has 0 radical (unpaired) electrons. The third-order valence-corrected chi connectivity index (χ3v) is 4.06. The summed E-state index contributed by atoms with van der Waals surface area (Å²) in [5.41, 5.74) is 2.04. The number of benzene rings is 1. The summed E-state index contributed by atoms with van der Waals surface area (Å²) < 4.78 is 11.7. The van der Waals surface area contributed by atoms with Crippen molar-refractivity contribution in [2.75, 3.05) is 18.5 Å². The maximum atomic E-state index is 12.6. The van der Waals surface area contributed by atoms with Crippen LogP contribution in [0.15, 0.2) is 12.1 Å². The number of carbonyl (C=O) groups excluding carboxylic acids is 1. The van der Waals surface area contributed by atoms with Crippen LogP contribution in [0.1, 0.15) is 58.6 Å². The molecular formula is C20H33NO3. The molecular weight excluding hydrogens is 302 g/mol. The summed E-state index contributed by atoms with van der Waals surface area (Å²) in [5, 5.41) is 3.00. The highest BCUT2D eigenvalue weighted by Gasteiger charge is 2.32. The van der Waals surface area contributed by atoms with Gasteiger partial charge in [-0.3, -0.25) is 4.79 Å². The highest BCUT2D eigenvalue weighted by molar-refractivity contribution is 5.97. The Kier molecular flexibility index (Phi) is 7.74. The Bertz CT molecular complexity index is 531. The minimum absolute atomic E-state index is 0.104. The number of rotatable bonds is 9. The van der Waals surface area contributed by atoms with E-state index in [9.17, 15) is 4.79 Å². The topological polar surface area (TPSA) is 47.6 Å². The fourth-order valence-corrected chi connectivity index (χ4v) is 2.42. The van der Waals surface area contributed by atoms with E-state index in [2.05, 4.69) is 19.2 Å². The van der Waals surface area contributed by atoms with Gasteiger partial charge in [0.25, 0.3) is 5.91 Å². The third-order valence-electron chi connectivity index (χ3n) is 4.06. The lowest BCUT2D eigenvalue weighted by atomic mass is 10.0. The minimum atomic E-state index is -0.801. The number of ether oxygens (including phenoxy) is 2. The average Bonchev–Trinajstić information content (AvgIpc) is 2.51. The van der Waals surface area contributed by atoms with Gasteiger partial charge in [0.15, 0.2) is 0 Å². The fraction of sp³-hybridized carbons (Fsp3) is 0.650. The highest BCUT2D eigenvalue weighted by atomic mass is 16.5. The van der Waals surface area contributed by atoms with E-state index >= 15 is 0 Å². The monoisotopic (exact) mass is 335 g/mol. The fourth-order valence-electron chi connectivity index (χ4n) is 2.42. The van der Waals surface area contributed by atoms with Crippen LogP contribution in [-0.2, 0) is 9.53 Å². The Hall–Kier alpha value is -1.55. The largest absolute Gasteiger partial charge is 0.493 e. The van der Waals surface area contributed by atoms with Gasteiger partial charge in [-0.15, -0.1) is 0 Å². The van der Waals surface area contributed by atoms with E-state index in [0.29, 0.717) is 25.6 Å². The Morgan fingerprint density at radius 1 is 1.21 bits per heavy atom. The van der Waals surface area contributed by atoms with Crippen LogP contribution in [0.4, 0.5) is 5.69 Å². The summed E-state index contributed by atoms with van der Waals surface area (Å²) in [5.74, 6) is 1.28. The molecule has 0 bridgehead atoms. The van der Waals surface area contributed by atoms with E-state index in [4.69, 9.17) is 9.47 Å². The number of hydrogen-bond donors (Lipinski definition) is 1. The average molecular weight is 335 g/mol. The summed E-state index contributed by atoms with van der Waals surface area (Å²) in [4.78, 5) is 12.6. The van der Waals surface area contributed by atoms with Crippen LogP contribution in [-0.4, -0.2) is 24.7 Å². The van der Waals surface area contributed by atoms with E-state index in [1.165, 1.54) is 0 Å². The molecule has 4 nitrogen and oxygen atoms in total. The van der Waals surface area contributed by atoms with Crippen LogP contribution in [0.3, 0.4) is 0 Å². The second-order valence-electron chi connectivity index (χ2n) is 7.03. The summed E-state index contributed by atoms with van der Waals surface area (Å²) in [6.45, 7) is 15.4. The van der Waals surface area contributed by atoms with Gasteiger partial charge in [-0.25, -0.2) is 0 Å². The number of nitrogens with one attached hydrogen (secondary N) is 1. The molecule has 0 aromatic heterocycles. The molecule has 136 valence electrons. The molecule has 0 saturated heterocycles. The zero-order valence-corrected chi connectivity index (χ0v) is 16.3. The Balaban J connectivity index is 2.90. The molecule has 1 aromatic carbocycles. The number of carbonyl (C=O) groups is 1. The lowest BCUT2D eigenvalue weighted by Gasteiger charge is -2.27. The van der Waals surface area contributed by atoms with E-state index in [0.717, 1.165) is 29.0 Å². The standard InChI is InChI=1S/C20H33NO3/c1-8-10-24-20(7,9-2)19(22)21-17-11-15(5)18(16(6)12-17)23-13-14(3)4/h11-12,14H,8-10,13H2,1-7H3,(H,21,22). The maximum Gasteiger partial charge on any atom is 0.256 e. The molecule has 0 fully saturated rings. The Morgan fingerprint density at radius 2 is 1.79 bits per heavy atom. The first-order valence-electron chi connectivity index (χ1n) is 8.93. The predicted molar refractivity (Wildman–Crippen MR) is 99.8 cm³/mol. The van der Waals surface area contributed by atoms with Crippen LogP contribution >= 0.6 is 0 Å². The summed E-state index contributed by atoms with van der Waals surface area (Å²) >= 11 is 0. The quantitative estimate of drug-likeness (QED) is 0.700. The van der Waals surface area contributed by atoms with Crippen LogP contribution < -0.4 is 10.1 Å². The first kappa shape index (κ1) is 20.5. The van der Waals surface area contributed by atoms with Crippen molar-refractivity contribution < 1.29 is 14.3 Å². The van der Waals surface area contributed by atoms with Crippen molar-refractivity contribution in [3.05, 3.63) is 23.3 Å². The van der Waals surface area contributed by atoms with Crippen LogP contribution in [0.25, 0.3) is 0 Å². The second kappa shape index (κ2) is 9.07. The molecule has 4 heteroatoms. The Labute approximate surface area is 146 Å². The summed E-state index contributed by atoms with van der Waals surface area (Å²) in [7, 11) is 0. The van der Waals surface area contributed by atoms with Crippen molar-refractivity contribution >= 4 is 11.6 Å². The number of hydrogen-bond acceptors (Lipinski definition) is 3. The highest BCUT2D eigenvalue weighted by Crippen LogP contribution is 2.28. The molecule has 1 rings (SSSR count). The smallest absolute Gasteiger partial charge is 0.256 e. The van der Waals surface area contributed by atoms with Crippen molar-refractivity contribution in [1.82, 2.24) is 0 Å². The number of amides is 1. The number of anilines is 1. The molecule has 0 aliphatic heterocycles. The second-order valence-corrected chi connectivity index (χ2v) is 7.03. The van der Waals surface area contributed by atoms with Crippen molar-refractivity contribution in [1.29, 1.82) is 0 Å². The molecule has 0 spiro atoms. The first-order valence-corrected chi connectivity index (χ1v) is 8.93. The molecule has 1 amide bonds. The summed E-state index contributed by atoms with van der Waals surface area (Å²) in [6, 6.07) is 3.91. The van der Waals surface area contributed by atoms with Gasteiger partial charge in [-0.2, -0.15) is 0 Å². The van der Waals surface area contributed by atoms with Gasteiger partial charge in [-0.05, 0) is 62.8 Å². The molecule has 1 aromatic rings. The van der Waals surface area contributed by atoms with Crippen LogP contribution in [0.5, 0.6) is 5.75 Å². The zero-order valence-electron chi connectivity index (χ0n) is 16.3. The van der Waals surface area contributed by atoms with Crippen molar-refractivity contribution in [2.24, 2.45) is 5.92 Å². The third kappa shape index (κ3) is 5.52. The molecule has 0 heterocycles. The van der Waals surface area contributed by atoms with Gasteiger partial charge < -0.3 is 14.8 Å². The van der Waals surface area contributed by atoms with Gasteiger partial charge >= 0.3 is 0 Å². The molecule has 1 atom stereocenters. The molecule has 0 aliphatic carbocycles. The van der Waals surface area contributed by atoms with Gasteiger partial charge in [-0.1, -0.05) is 27.7 Å². The van der Waals surface area contributed by atoms with Crippen LogP contribution in [0, 0.1) is 19.8 Å². The number of aryl methyl sites for hydroxylation is 2. The van der Waals surface area contributed by atoms with Crippen LogP contribution in [0.2, 0.25) is 0 Å². The van der Waals surface area contributed by atoms with Gasteiger partial charge in [0.1, 0.15) is 11.4 Å². The first-order chi connectivity index (χ1) is 11.2. The van der Waals surface area contributed by atoms with E-state index in [1.54, 1.807) is 0 Å². The molecule has 1 N–H and O–H groups in total. The normalized spacial score (nSPS) is 13.7. The summed E-state index contributed by atoms with van der Waals surface area (Å²) in [6.07, 6.45) is 1.52. The lowest BCUT2D eigenvalue weighted by molar-refractivity contribution is -0.139. The predicted octanol–water partition coefficient (Wildman–Crippen LogP) is 4.87. The van der Waals surface area contributed by atoms with Crippen molar-refractivity contribution in [3.8, 4) is 5.75 Å². The van der Waals surface area contributed by atoms with Crippen molar-refractivity contribution in [3.63, 3.8) is 0 Å². The molecule has 0 saturated carbocycles. The van der Waals surface area contributed by atoms with E-state index in [-0.39, 0.29) is 5.91 Å². The van der Waals surface area contributed by atoms with E-state index < -0.39 is 5.60 Å². The molecule has 0 aliphatic rings. The van der Waals surface area contributed by atoms with Gasteiger partial charge in [0.05, 0.1) is 6.61 Å². The van der Waals surface area contributed by atoms with Gasteiger partial charge in [0, 0.05) is 12.3 Å². The Morgan fingerprint density at radius 3 is 2.25 bits per heavy atom. The lowest BCUT2D eigenvalue weighted by Crippen LogP contribution is -2.42. The minimum Gasteiger partial charge on any atom is -0.493 e.